The van der Waals surface area contributed by atoms with Crippen LogP contribution in [0.2, 0.25) is 0 Å². The molecular weight excluding hydrogens is 307 g/mol. The summed E-state index contributed by atoms with van der Waals surface area (Å²) in [5, 5.41) is 12.6. The molecule has 1 atom stereocenters. The van der Waals surface area contributed by atoms with Crippen LogP contribution in [0.5, 0.6) is 5.75 Å². The summed E-state index contributed by atoms with van der Waals surface area (Å²) >= 11 is 0. The Morgan fingerprint density at radius 3 is 2.52 bits per heavy atom. The van der Waals surface area contributed by atoms with E-state index < -0.39 is 11.7 Å². The molecule has 0 aliphatic heterocycles. The van der Waals surface area contributed by atoms with Crippen molar-refractivity contribution in [2.24, 2.45) is 0 Å². The van der Waals surface area contributed by atoms with E-state index >= 15 is 0 Å². The van der Waals surface area contributed by atoms with Crippen LogP contribution < -0.4 is 10.1 Å². The van der Waals surface area contributed by atoms with E-state index in [4.69, 9.17) is 4.74 Å². The van der Waals surface area contributed by atoms with Crippen LogP contribution in [-0.2, 0) is 12.7 Å². The molecule has 124 valence electrons. The lowest BCUT2D eigenvalue weighted by Crippen LogP contribution is -2.24. The van der Waals surface area contributed by atoms with Gasteiger partial charge in [-0.2, -0.15) is 13.2 Å². The zero-order valence-electron chi connectivity index (χ0n) is 12.6. The van der Waals surface area contributed by atoms with Crippen molar-refractivity contribution in [1.82, 2.24) is 5.32 Å². The predicted molar refractivity (Wildman–Crippen MR) is 81.1 cm³/mol. The van der Waals surface area contributed by atoms with Crippen molar-refractivity contribution in [3.8, 4) is 5.75 Å². The summed E-state index contributed by atoms with van der Waals surface area (Å²) < 4.78 is 43.3. The minimum absolute atomic E-state index is 0.174. The number of rotatable bonds is 6. The lowest BCUT2D eigenvalue weighted by atomic mass is 10.1. The second kappa shape index (κ2) is 7.48. The van der Waals surface area contributed by atoms with E-state index in [0.717, 1.165) is 17.7 Å². The highest BCUT2D eigenvalue weighted by molar-refractivity contribution is 5.31. The monoisotopic (exact) mass is 325 g/mol. The van der Waals surface area contributed by atoms with Gasteiger partial charge in [0.1, 0.15) is 5.75 Å². The molecule has 6 heteroatoms. The van der Waals surface area contributed by atoms with Crippen molar-refractivity contribution < 1.29 is 23.0 Å². The van der Waals surface area contributed by atoms with Crippen LogP contribution >= 0.6 is 0 Å². The molecule has 23 heavy (non-hydrogen) atoms. The van der Waals surface area contributed by atoms with E-state index in [2.05, 4.69) is 5.32 Å². The number of hydrogen-bond acceptors (Lipinski definition) is 3. The first-order chi connectivity index (χ1) is 10.9. The minimum Gasteiger partial charge on any atom is -0.497 e. The number of aliphatic hydroxyl groups is 1. The van der Waals surface area contributed by atoms with Crippen LogP contribution in [-0.4, -0.2) is 18.8 Å². The highest BCUT2D eigenvalue weighted by atomic mass is 19.4. The molecule has 2 aromatic carbocycles. The molecule has 0 aliphatic carbocycles. The van der Waals surface area contributed by atoms with Gasteiger partial charge in [-0.25, -0.2) is 0 Å². The van der Waals surface area contributed by atoms with E-state index in [-0.39, 0.29) is 19.2 Å². The van der Waals surface area contributed by atoms with Crippen LogP contribution in [0.25, 0.3) is 0 Å². The molecule has 0 amide bonds. The Labute approximate surface area is 132 Å². The zero-order valence-corrected chi connectivity index (χ0v) is 12.6. The van der Waals surface area contributed by atoms with Gasteiger partial charge in [0.25, 0.3) is 0 Å². The Morgan fingerprint density at radius 1 is 1.13 bits per heavy atom. The highest BCUT2D eigenvalue weighted by Gasteiger charge is 2.30. The van der Waals surface area contributed by atoms with E-state index in [1.54, 1.807) is 31.4 Å². The minimum atomic E-state index is -4.36. The summed E-state index contributed by atoms with van der Waals surface area (Å²) in [7, 11) is 1.54. The summed E-state index contributed by atoms with van der Waals surface area (Å²) in [6, 6.07) is 11.9. The molecular formula is C17H18F3NO2. The van der Waals surface area contributed by atoms with Gasteiger partial charge in [0.2, 0.25) is 0 Å². The molecule has 0 radical (unpaired) electrons. The molecule has 0 fully saturated rings. The van der Waals surface area contributed by atoms with Gasteiger partial charge in [0.05, 0.1) is 25.3 Å². The topological polar surface area (TPSA) is 41.5 Å². The second-order valence-electron chi connectivity index (χ2n) is 5.09. The Morgan fingerprint density at radius 2 is 1.87 bits per heavy atom. The molecule has 0 spiro atoms. The van der Waals surface area contributed by atoms with Crippen molar-refractivity contribution in [2.45, 2.75) is 18.8 Å². The number of benzene rings is 2. The zero-order chi connectivity index (χ0) is 16.9. The predicted octanol–water partition coefficient (Wildman–Crippen LogP) is 3.54. The maximum atomic E-state index is 12.7. The van der Waals surface area contributed by atoms with E-state index in [1.807, 2.05) is 6.07 Å². The normalized spacial score (nSPS) is 12.9. The highest BCUT2D eigenvalue weighted by Crippen LogP contribution is 2.29. The quantitative estimate of drug-likeness (QED) is 0.854. The molecule has 2 aromatic rings. The van der Waals surface area contributed by atoms with Crippen molar-refractivity contribution in [2.75, 3.05) is 13.7 Å². The van der Waals surface area contributed by atoms with Crippen LogP contribution in [0.3, 0.4) is 0 Å². The SMILES string of the molecule is COc1cccc(C(CO)NCc2cccc(C(F)(F)F)c2)c1. The molecule has 1 unspecified atom stereocenters. The van der Waals surface area contributed by atoms with Crippen LogP contribution in [0, 0.1) is 0 Å². The van der Waals surface area contributed by atoms with Crippen LogP contribution in [0.4, 0.5) is 13.2 Å². The van der Waals surface area contributed by atoms with Crippen LogP contribution in [0.15, 0.2) is 48.5 Å². The third-order valence-electron chi connectivity index (χ3n) is 3.49. The fourth-order valence-electron chi connectivity index (χ4n) is 2.24. The fraction of sp³-hybridized carbons (Fsp3) is 0.294. The molecule has 3 nitrogen and oxygen atoms in total. The Hall–Kier alpha value is -2.05. The molecule has 0 aromatic heterocycles. The maximum absolute atomic E-state index is 12.7. The molecule has 2 N–H and O–H groups in total. The lowest BCUT2D eigenvalue weighted by molar-refractivity contribution is -0.137. The summed E-state index contributed by atoms with van der Waals surface area (Å²) in [5.74, 6) is 0.654. The van der Waals surface area contributed by atoms with Gasteiger partial charge in [-0.1, -0.05) is 30.3 Å². The molecule has 0 bridgehead atoms. The van der Waals surface area contributed by atoms with Gasteiger partial charge in [0.15, 0.2) is 0 Å². The van der Waals surface area contributed by atoms with Gasteiger partial charge in [0, 0.05) is 6.54 Å². The van der Waals surface area contributed by atoms with E-state index in [9.17, 15) is 18.3 Å². The number of alkyl halides is 3. The summed E-state index contributed by atoms with van der Waals surface area (Å²) in [6.07, 6.45) is -4.36. The summed E-state index contributed by atoms with van der Waals surface area (Å²) in [4.78, 5) is 0. The van der Waals surface area contributed by atoms with E-state index in [1.165, 1.54) is 6.07 Å². The van der Waals surface area contributed by atoms with Crippen molar-refractivity contribution in [3.63, 3.8) is 0 Å². The first-order valence-electron chi connectivity index (χ1n) is 7.08. The number of nitrogens with one attached hydrogen (secondary N) is 1. The van der Waals surface area contributed by atoms with Crippen molar-refractivity contribution >= 4 is 0 Å². The van der Waals surface area contributed by atoms with Gasteiger partial charge < -0.3 is 15.2 Å². The Bertz CT molecular complexity index is 644. The molecule has 0 heterocycles. The van der Waals surface area contributed by atoms with Gasteiger partial charge >= 0.3 is 6.18 Å². The molecule has 0 saturated carbocycles. The fourth-order valence-corrected chi connectivity index (χ4v) is 2.24. The number of hydrogen-bond donors (Lipinski definition) is 2. The molecule has 2 rings (SSSR count). The number of halogens is 3. The van der Waals surface area contributed by atoms with Crippen molar-refractivity contribution in [3.05, 3.63) is 65.2 Å². The van der Waals surface area contributed by atoms with Gasteiger partial charge in [-0.3, -0.25) is 0 Å². The third-order valence-corrected chi connectivity index (χ3v) is 3.49. The average Bonchev–Trinajstić information content (AvgIpc) is 2.55. The number of methoxy groups -OCH3 is 1. The largest absolute Gasteiger partial charge is 0.497 e. The van der Waals surface area contributed by atoms with Crippen molar-refractivity contribution in [1.29, 1.82) is 0 Å². The van der Waals surface area contributed by atoms with E-state index in [0.29, 0.717) is 11.3 Å². The first-order valence-corrected chi connectivity index (χ1v) is 7.08. The Balaban J connectivity index is 2.08. The standard InChI is InChI=1S/C17H18F3NO2/c1-23-15-7-3-5-13(9-15)16(11-22)21-10-12-4-2-6-14(8-12)17(18,19)20/h2-9,16,21-22H,10-11H2,1H3. The summed E-state index contributed by atoms with van der Waals surface area (Å²) in [6.45, 7) is 0.0402. The van der Waals surface area contributed by atoms with Gasteiger partial charge in [-0.05, 0) is 29.3 Å². The average molecular weight is 325 g/mol. The van der Waals surface area contributed by atoms with Gasteiger partial charge in [-0.15, -0.1) is 0 Å². The summed E-state index contributed by atoms with van der Waals surface area (Å²) in [5.41, 5.74) is 0.624. The Kier molecular flexibility index (Phi) is 5.63. The number of aliphatic hydroxyl groups excluding tert-OH is 1. The van der Waals surface area contributed by atoms with Crippen LogP contribution in [0.1, 0.15) is 22.7 Å². The second-order valence-corrected chi connectivity index (χ2v) is 5.09. The lowest BCUT2D eigenvalue weighted by Gasteiger charge is -2.18. The molecule has 0 aliphatic rings. The number of ether oxygens (including phenoxy) is 1. The molecule has 0 saturated heterocycles. The maximum Gasteiger partial charge on any atom is 0.416 e. The third kappa shape index (κ3) is 4.71. The first kappa shape index (κ1) is 17.3. The smallest absolute Gasteiger partial charge is 0.416 e.